The molecule has 2 aromatic carbocycles. The second-order valence-electron chi connectivity index (χ2n) is 7.37. The lowest BCUT2D eigenvalue weighted by molar-refractivity contribution is 0.0726. The molecule has 1 amide bonds. The third-order valence-corrected chi connectivity index (χ3v) is 6.45. The van der Waals surface area contributed by atoms with Crippen LogP contribution in [0, 0.1) is 0 Å². The third kappa shape index (κ3) is 3.38. The lowest BCUT2D eigenvalue weighted by Gasteiger charge is -2.32. The number of ketones is 2. The molecule has 5 nitrogen and oxygen atoms in total. The van der Waals surface area contributed by atoms with Crippen LogP contribution < -0.4 is 0 Å². The Labute approximate surface area is 168 Å². The van der Waals surface area contributed by atoms with Gasteiger partial charge in [-0.2, -0.15) is 0 Å². The molecule has 0 saturated carbocycles. The standard InChI is InChI=1S/C22H22N2O3S/c1-23(2)28-15-9-11-24(12-10-15)22(27)14-7-8-18-19(13-14)21(26)17-6-4-3-5-16(17)20(18)25/h3-8,13,15H,9-12H2,1-2H3. The summed E-state index contributed by atoms with van der Waals surface area (Å²) < 4.78 is 2.10. The lowest BCUT2D eigenvalue weighted by Crippen LogP contribution is -2.40. The molecule has 1 aliphatic carbocycles. The molecule has 2 aromatic rings. The van der Waals surface area contributed by atoms with Gasteiger partial charge >= 0.3 is 0 Å². The van der Waals surface area contributed by atoms with Crippen molar-refractivity contribution in [3.8, 4) is 0 Å². The molecule has 0 radical (unpaired) electrons. The van der Waals surface area contributed by atoms with E-state index in [4.69, 9.17) is 0 Å². The first-order valence-electron chi connectivity index (χ1n) is 9.41. The molecule has 0 aromatic heterocycles. The van der Waals surface area contributed by atoms with Gasteiger partial charge in [0.25, 0.3) is 5.91 Å². The molecule has 0 spiro atoms. The molecule has 28 heavy (non-hydrogen) atoms. The summed E-state index contributed by atoms with van der Waals surface area (Å²) in [5.74, 6) is -0.429. The minimum absolute atomic E-state index is 0.0739. The Morgan fingerprint density at radius 1 is 0.929 bits per heavy atom. The fraction of sp³-hybridized carbons (Fsp3) is 0.318. The van der Waals surface area contributed by atoms with Crippen LogP contribution in [0.2, 0.25) is 0 Å². The summed E-state index contributed by atoms with van der Waals surface area (Å²) in [5.41, 5.74) is 2.01. The Morgan fingerprint density at radius 3 is 2.11 bits per heavy atom. The fourth-order valence-electron chi connectivity index (χ4n) is 3.88. The van der Waals surface area contributed by atoms with E-state index in [1.807, 2.05) is 30.9 Å². The maximum Gasteiger partial charge on any atom is 0.253 e. The van der Waals surface area contributed by atoms with E-state index in [0.717, 1.165) is 12.8 Å². The zero-order valence-electron chi connectivity index (χ0n) is 16.0. The van der Waals surface area contributed by atoms with Gasteiger partial charge in [-0.05, 0) is 45.1 Å². The first kappa shape index (κ1) is 18.9. The monoisotopic (exact) mass is 394 g/mol. The largest absolute Gasteiger partial charge is 0.339 e. The molecule has 0 unspecified atom stereocenters. The molecule has 1 fully saturated rings. The fourth-order valence-corrected chi connectivity index (χ4v) is 4.90. The second-order valence-corrected chi connectivity index (χ2v) is 8.98. The molecule has 4 rings (SSSR count). The summed E-state index contributed by atoms with van der Waals surface area (Å²) in [6.07, 6.45) is 1.90. The number of hydrogen-bond donors (Lipinski definition) is 0. The van der Waals surface area contributed by atoms with Crippen LogP contribution in [0.3, 0.4) is 0 Å². The highest BCUT2D eigenvalue weighted by atomic mass is 32.2. The van der Waals surface area contributed by atoms with E-state index in [1.165, 1.54) is 0 Å². The average molecular weight is 394 g/mol. The summed E-state index contributed by atoms with van der Waals surface area (Å²) in [6.45, 7) is 1.41. The van der Waals surface area contributed by atoms with Gasteiger partial charge in [-0.15, -0.1) is 0 Å². The van der Waals surface area contributed by atoms with Crippen molar-refractivity contribution in [1.82, 2.24) is 9.21 Å². The zero-order chi connectivity index (χ0) is 19.8. The summed E-state index contributed by atoms with van der Waals surface area (Å²) in [5, 5.41) is 0.526. The first-order valence-corrected chi connectivity index (χ1v) is 10.2. The number of piperidine rings is 1. The SMILES string of the molecule is CN(C)SC1CCN(C(=O)c2ccc3c(c2)C(=O)c2ccccc2C3=O)CC1. The quantitative estimate of drug-likeness (QED) is 0.638. The van der Waals surface area contributed by atoms with Gasteiger partial charge in [0.1, 0.15) is 0 Å². The molecule has 1 heterocycles. The third-order valence-electron chi connectivity index (χ3n) is 5.26. The van der Waals surface area contributed by atoms with Crippen LogP contribution in [0.1, 0.15) is 55.0 Å². The summed E-state index contributed by atoms with van der Waals surface area (Å²) >= 11 is 1.81. The van der Waals surface area contributed by atoms with Crippen LogP contribution in [-0.2, 0) is 0 Å². The number of nitrogens with zero attached hydrogens (tertiary/aromatic N) is 2. The maximum atomic E-state index is 13.0. The highest BCUT2D eigenvalue weighted by molar-refractivity contribution is 7.97. The predicted octanol–water partition coefficient (Wildman–Crippen LogP) is 3.28. The Kier molecular flexibility index (Phi) is 5.08. The summed E-state index contributed by atoms with van der Waals surface area (Å²) in [6, 6.07) is 11.7. The van der Waals surface area contributed by atoms with Crippen LogP contribution in [-0.4, -0.2) is 59.1 Å². The van der Waals surface area contributed by atoms with Gasteiger partial charge in [0.2, 0.25) is 0 Å². The maximum absolute atomic E-state index is 13.0. The summed E-state index contributed by atoms with van der Waals surface area (Å²) in [7, 11) is 4.07. The number of amides is 1. The van der Waals surface area contributed by atoms with Gasteiger partial charge in [-0.25, -0.2) is 0 Å². The molecule has 2 aliphatic rings. The van der Waals surface area contributed by atoms with Gasteiger partial charge in [0, 0.05) is 46.2 Å². The van der Waals surface area contributed by atoms with Gasteiger partial charge in [-0.1, -0.05) is 36.2 Å². The minimum Gasteiger partial charge on any atom is -0.339 e. The number of fused-ring (bicyclic) bond motifs is 2. The molecule has 6 heteroatoms. The Hall–Kier alpha value is -2.44. The Bertz CT molecular complexity index is 962. The highest BCUT2D eigenvalue weighted by Crippen LogP contribution is 2.29. The van der Waals surface area contributed by atoms with Gasteiger partial charge in [-0.3, -0.25) is 18.7 Å². The molecule has 0 atom stereocenters. The van der Waals surface area contributed by atoms with E-state index < -0.39 is 0 Å². The van der Waals surface area contributed by atoms with E-state index >= 15 is 0 Å². The Morgan fingerprint density at radius 2 is 1.50 bits per heavy atom. The van der Waals surface area contributed by atoms with E-state index in [-0.39, 0.29) is 17.5 Å². The van der Waals surface area contributed by atoms with Gasteiger partial charge in [0.15, 0.2) is 11.6 Å². The van der Waals surface area contributed by atoms with E-state index in [2.05, 4.69) is 4.31 Å². The topological polar surface area (TPSA) is 57.7 Å². The van der Waals surface area contributed by atoms with Crippen LogP contribution in [0.5, 0.6) is 0 Å². The number of carbonyl (C=O) groups is 3. The lowest BCUT2D eigenvalue weighted by atomic mass is 9.83. The Balaban J connectivity index is 1.56. The number of carbonyl (C=O) groups excluding carboxylic acids is 3. The van der Waals surface area contributed by atoms with Crippen LogP contribution >= 0.6 is 11.9 Å². The van der Waals surface area contributed by atoms with Crippen molar-refractivity contribution in [2.75, 3.05) is 27.2 Å². The zero-order valence-corrected chi connectivity index (χ0v) is 16.8. The van der Waals surface area contributed by atoms with Crippen LogP contribution in [0.15, 0.2) is 42.5 Å². The van der Waals surface area contributed by atoms with Gasteiger partial charge < -0.3 is 4.90 Å². The van der Waals surface area contributed by atoms with Crippen LogP contribution in [0.25, 0.3) is 0 Å². The van der Waals surface area contributed by atoms with Gasteiger partial charge in [0.05, 0.1) is 0 Å². The number of rotatable bonds is 3. The van der Waals surface area contributed by atoms with E-state index in [9.17, 15) is 14.4 Å². The van der Waals surface area contributed by atoms with Crippen LogP contribution in [0.4, 0.5) is 0 Å². The summed E-state index contributed by atoms with van der Waals surface area (Å²) in [4.78, 5) is 40.4. The van der Waals surface area contributed by atoms with Crippen molar-refractivity contribution in [2.45, 2.75) is 18.1 Å². The predicted molar refractivity (Wildman–Crippen MR) is 110 cm³/mol. The second kappa shape index (κ2) is 7.53. The van der Waals surface area contributed by atoms with Crippen molar-refractivity contribution in [3.05, 3.63) is 70.3 Å². The number of hydrogen-bond acceptors (Lipinski definition) is 5. The smallest absolute Gasteiger partial charge is 0.253 e. The van der Waals surface area contributed by atoms with Crippen molar-refractivity contribution in [1.29, 1.82) is 0 Å². The normalized spacial score (nSPS) is 16.9. The van der Waals surface area contributed by atoms with E-state index in [1.54, 1.807) is 42.5 Å². The molecule has 1 saturated heterocycles. The van der Waals surface area contributed by atoms with Crippen molar-refractivity contribution in [3.63, 3.8) is 0 Å². The van der Waals surface area contributed by atoms with E-state index in [0.29, 0.717) is 46.2 Å². The molecule has 144 valence electrons. The number of benzene rings is 2. The molecule has 0 bridgehead atoms. The highest BCUT2D eigenvalue weighted by Gasteiger charge is 2.31. The first-order chi connectivity index (χ1) is 13.5. The molecular formula is C22H22N2O3S. The molecular weight excluding hydrogens is 372 g/mol. The number of likely N-dealkylation sites (tertiary alicyclic amines) is 1. The minimum atomic E-state index is -0.194. The van der Waals surface area contributed by atoms with Crippen molar-refractivity contribution < 1.29 is 14.4 Å². The average Bonchev–Trinajstić information content (AvgIpc) is 2.71. The molecule has 0 N–H and O–H groups in total. The van der Waals surface area contributed by atoms with Crippen molar-refractivity contribution in [2.24, 2.45) is 0 Å². The van der Waals surface area contributed by atoms with Crippen molar-refractivity contribution >= 4 is 29.4 Å². The molecule has 1 aliphatic heterocycles.